The van der Waals surface area contributed by atoms with Crippen LogP contribution in [0.2, 0.25) is 5.02 Å². The molecular formula is C16H22ClN3O4S. The lowest BCUT2D eigenvalue weighted by Gasteiger charge is -2.33. The van der Waals surface area contributed by atoms with Crippen LogP contribution in [-0.4, -0.2) is 51.0 Å². The van der Waals surface area contributed by atoms with Gasteiger partial charge in [-0.2, -0.15) is 0 Å². The molecule has 0 aromatic heterocycles. The van der Waals surface area contributed by atoms with Gasteiger partial charge in [0.2, 0.25) is 21.8 Å². The number of benzene rings is 1. The fourth-order valence-electron chi connectivity index (χ4n) is 2.88. The first kappa shape index (κ1) is 19.5. The zero-order chi connectivity index (χ0) is 18.8. The molecular weight excluding hydrogens is 366 g/mol. The van der Waals surface area contributed by atoms with Gasteiger partial charge in [0.05, 0.1) is 11.9 Å². The number of nitrogens with two attached hydrogens (primary N) is 1. The third-order valence-electron chi connectivity index (χ3n) is 4.44. The number of halogens is 1. The van der Waals surface area contributed by atoms with E-state index >= 15 is 0 Å². The zero-order valence-electron chi connectivity index (χ0n) is 14.2. The van der Waals surface area contributed by atoms with E-state index in [0.717, 1.165) is 10.6 Å². The van der Waals surface area contributed by atoms with Crippen molar-refractivity contribution in [1.82, 2.24) is 4.90 Å². The van der Waals surface area contributed by atoms with Gasteiger partial charge in [-0.15, -0.1) is 0 Å². The average Bonchev–Trinajstić information content (AvgIpc) is 2.54. The summed E-state index contributed by atoms with van der Waals surface area (Å²) in [4.78, 5) is 25.4. The predicted octanol–water partition coefficient (Wildman–Crippen LogP) is 1.14. The summed E-state index contributed by atoms with van der Waals surface area (Å²) in [5, 5.41) is 0.431. The second-order valence-corrected chi connectivity index (χ2v) is 8.53. The Labute approximate surface area is 152 Å². The number of piperidine rings is 1. The van der Waals surface area contributed by atoms with E-state index in [-0.39, 0.29) is 24.3 Å². The second-order valence-electron chi connectivity index (χ2n) is 6.21. The first-order valence-corrected chi connectivity index (χ1v) is 10.1. The lowest BCUT2D eigenvalue weighted by Crippen LogP contribution is -2.47. The van der Waals surface area contributed by atoms with Crippen molar-refractivity contribution < 1.29 is 18.0 Å². The minimum Gasteiger partial charge on any atom is -0.369 e. The van der Waals surface area contributed by atoms with E-state index in [1.807, 2.05) is 0 Å². The normalized spacial score (nSPS) is 15.9. The van der Waals surface area contributed by atoms with Crippen molar-refractivity contribution in [1.29, 1.82) is 0 Å². The average molecular weight is 388 g/mol. The van der Waals surface area contributed by atoms with E-state index in [2.05, 4.69) is 0 Å². The van der Waals surface area contributed by atoms with Gasteiger partial charge in [0, 0.05) is 24.0 Å². The van der Waals surface area contributed by atoms with E-state index in [1.54, 1.807) is 30.0 Å². The number of hydrogen-bond acceptors (Lipinski definition) is 4. The maximum absolute atomic E-state index is 12.6. The van der Waals surface area contributed by atoms with Crippen LogP contribution in [0.1, 0.15) is 18.4 Å². The van der Waals surface area contributed by atoms with Crippen LogP contribution < -0.4 is 10.0 Å². The van der Waals surface area contributed by atoms with Crippen LogP contribution >= 0.6 is 11.6 Å². The van der Waals surface area contributed by atoms with Gasteiger partial charge in [-0.25, -0.2) is 8.42 Å². The number of carbonyl (C=O) groups is 2. The smallest absolute Gasteiger partial charge is 0.243 e. The van der Waals surface area contributed by atoms with E-state index in [0.29, 0.717) is 42.2 Å². The van der Waals surface area contributed by atoms with E-state index in [9.17, 15) is 18.0 Å². The molecule has 138 valence electrons. The fraction of sp³-hybridized carbons (Fsp3) is 0.500. The molecule has 1 aromatic carbocycles. The second kappa shape index (κ2) is 7.61. The number of likely N-dealkylation sites (tertiary alicyclic amines) is 1. The van der Waals surface area contributed by atoms with Crippen LogP contribution in [-0.2, 0) is 19.6 Å². The number of nitrogens with zero attached hydrogens (tertiary/aromatic N) is 2. The van der Waals surface area contributed by atoms with Crippen LogP contribution in [0.25, 0.3) is 0 Å². The molecule has 0 aliphatic carbocycles. The monoisotopic (exact) mass is 387 g/mol. The third-order valence-corrected chi connectivity index (χ3v) is 5.97. The molecule has 1 saturated heterocycles. The van der Waals surface area contributed by atoms with E-state index < -0.39 is 10.0 Å². The Balaban J connectivity index is 2.17. The van der Waals surface area contributed by atoms with Gasteiger partial charge in [0.25, 0.3) is 0 Å². The molecule has 9 heteroatoms. The minimum atomic E-state index is -3.66. The van der Waals surface area contributed by atoms with Gasteiger partial charge in [0.15, 0.2) is 0 Å². The van der Waals surface area contributed by atoms with Crippen molar-refractivity contribution in [2.45, 2.75) is 19.8 Å². The van der Waals surface area contributed by atoms with Crippen molar-refractivity contribution in [3.63, 3.8) is 0 Å². The number of primary amides is 1. The van der Waals surface area contributed by atoms with Gasteiger partial charge in [-0.1, -0.05) is 17.7 Å². The summed E-state index contributed by atoms with van der Waals surface area (Å²) in [7, 11) is -3.66. The number of amides is 2. The highest BCUT2D eigenvalue weighted by atomic mass is 35.5. The maximum atomic E-state index is 12.6. The molecule has 1 aliphatic heterocycles. The molecule has 1 aromatic rings. The first-order chi connectivity index (χ1) is 11.6. The first-order valence-electron chi connectivity index (χ1n) is 7.91. The van der Waals surface area contributed by atoms with Crippen LogP contribution in [0.3, 0.4) is 0 Å². The summed E-state index contributed by atoms with van der Waals surface area (Å²) in [6, 6.07) is 4.93. The van der Waals surface area contributed by atoms with Crippen molar-refractivity contribution in [2.24, 2.45) is 11.7 Å². The van der Waals surface area contributed by atoms with Gasteiger partial charge >= 0.3 is 0 Å². The SMILES string of the molecule is Cc1c(Cl)cccc1N(CC(=O)N1CCC(C(N)=O)CC1)S(C)(=O)=O. The molecule has 1 aliphatic rings. The minimum absolute atomic E-state index is 0.231. The van der Waals surface area contributed by atoms with Crippen LogP contribution in [0.5, 0.6) is 0 Å². The molecule has 1 heterocycles. The van der Waals surface area contributed by atoms with E-state index in [1.165, 1.54) is 0 Å². The predicted molar refractivity (Wildman–Crippen MR) is 96.9 cm³/mol. The van der Waals surface area contributed by atoms with E-state index in [4.69, 9.17) is 17.3 Å². The number of rotatable bonds is 5. The van der Waals surface area contributed by atoms with Gasteiger partial charge in [-0.3, -0.25) is 13.9 Å². The molecule has 0 atom stereocenters. The Morgan fingerprint density at radius 1 is 1.32 bits per heavy atom. The van der Waals surface area contributed by atoms with Crippen LogP contribution in [0.15, 0.2) is 18.2 Å². The largest absolute Gasteiger partial charge is 0.369 e. The fourth-order valence-corrected chi connectivity index (χ4v) is 3.95. The topological polar surface area (TPSA) is 101 Å². The Hall–Kier alpha value is -1.80. The number of carbonyl (C=O) groups excluding carboxylic acids is 2. The molecule has 2 amide bonds. The zero-order valence-corrected chi connectivity index (χ0v) is 15.8. The quantitative estimate of drug-likeness (QED) is 0.818. The standard InChI is InChI=1S/C16H22ClN3O4S/c1-11-13(17)4-3-5-14(11)20(25(2,23)24)10-15(21)19-8-6-12(7-9-19)16(18)22/h3-5,12H,6-10H2,1-2H3,(H2,18,22). The molecule has 1 fully saturated rings. The van der Waals surface area contributed by atoms with Crippen molar-refractivity contribution in [2.75, 3.05) is 30.2 Å². The highest BCUT2D eigenvalue weighted by Gasteiger charge is 2.29. The van der Waals surface area contributed by atoms with Gasteiger partial charge in [0.1, 0.15) is 6.54 Å². The summed E-state index contributed by atoms with van der Waals surface area (Å²) in [5.74, 6) is -0.905. The molecule has 2 rings (SSSR count). The highest BCUT2D eigenvalue weighted by Crippen LogP contribution is 2.28. The van der Waals surface area contributed by atoms with Gasteiger partial charge in [-0.05, 0) is 37.5 Å². The molecule has 0 radical (unpaired) electrons. The van der Waals surface area contributed by atoms with Crippen LogP contribution in [0.4, 0.5) is 5.69 Å². The summed E-state index contributed by atoms with van der Waals surface area (Å²) >= 11 is 6.08. The molecule has 0 unspecified atom stereocenters. The number of hydrogen-bond donors (Lipinski definition) is 1. The summed E-state index contributed by atoms with van der Waals surface area (Å²) in [6.07, 6.45) is 2.05. The van der Waals surface area contributed by atoms with Crippen LogP contribution in [0, 0.1) is 12.8 Å². The molecule has 0 saturated carbocycles. The lowest BCUT2D eigenvalue weighted by molar-refractivity contribution is -0.133. The number of anilines is 1. The number of sulfonamides is 1. The summed E-state index contributed by atoms with van der Waals surface area (Å²) in [5.41, 5.74) is 6.27. The molecule has 0 bridgehead atoms. The van der Waals surface area contributed by atoms with Crippen molar-refractivity contribution in [3.8, 4) is 0 Å². The third kappa shape index (κ3) is 4.64. The van der Waals surface area contributed by atoms with Crippen molar-refractivity contribution in [3.05, 3.63) is 28.8 Å². The highest BCUT2D eigenvalue weighted by molar-refractivity contribution is 7.92. The molecule has 25 heavy (non-hydrogen) atoms. The van der Waals surface area contributed by atoms with Gasteiger partial charge < -0.3 is 10.6 Å². The Morgan fingerprint density at radius 2 is 1.92 bits per heavy atom. The summed E-state index contributed by atoms with van der Waals surface area (Å²) in [6.45, 7) is 2.18. The maximum Gasteiger partial charge on any atom is 0.243 e. The molecule has 2 N–H and O–H groups in total. The Bertz CT molecular complexity index is 774. The Kier molecular flexibility index (Phi) is 5.95. The molecule has 0 spiro atoms. The van der Waals surface area contributed by atoms with Crippen molar-refractivity contribution >= 4 is 39.1 Å². The summed E-state index contributed by atoms with van der Waals surface area (Å²) < 4.78 is 25.5. The molecule has 7 nitrogen and oxygen atoms in total. The lowest BCUT2D eigenvalue weighted by atomic mass is 9.96. The Morgan fingerprint density at radius 3 is 2.44 bits per heavy atom.